The van der Waals surface area contributed by atoms with E-state index in [9.17, 15) is 0 Å². The summed E-state index contributed by atoms with van der Waals surface area (Å²) in [4.78, 5) is 0. The van der Waals surface area contributed by atoms with E-state index in [-0.39, 0.29) is 0 Å². The number of thiophene rings is 1. The van der Waals surface area contributed by atoms with Crippen LogP contribution in [-0.4, -0.2) is 6.04 Å². The molecule has 0 aliphatic heterocycles. The van der Waals surface area contributed by atoms with Crippen molar-refractivity contribution in [2.75, 3.05) is 0 Å². The van der Waals surface area contributed by atoms with Gasteiger partial charge < -0.3 is 5.73 Å². The largest absolute Gasteiger partial charge is 0.328 e. The second-order valence-electron chi connectivity index (χ2n) is 3.17. The molecule has 1 heterocycles. The first-order chi connectivity index (χ1) is 5.20. The molecule has 11 heavy (non-hydrogen) atoms. The Morgan fingerprint density at radius 1 is 1.55 bits per heavy atom. The van der Waals surface area contributed by atoms with Crippen LogP contribution in [0, 0.1) is 5.92 Å². The van der Waals surface area contributed by atoms with E-state index in [1.54, 1.807) is 11.3 Å². The third kappa shape index (κ3) is 2.64. The first kappa shape index (κ1) is 8.75. The van der Waals surface area contributed by atoms with Crippen LogP contribution in [0.4, 0.5) is 0 Å². The molecule has 0 aliphatic rings. The smallest absolute Gasteiger partial charge is 0.00393 e. The van der Waals surface area contributed by atoms with E-state index in [0.29, 0.717) is 12.0 Å². The van der Waals surface area contributed by atoms with Crippen LogP contribution in [0.5, 0.6) is 0 Å². The van der Waals surface area contributed by atoms with Gasteiger partial charge in [0.15, 0.2) is 0 Å². The van der Waals surface area contributed by atoms with Gasteiger partial charge in [0.25, 0.3) is 0 Å². The number of nitrogens with two attached hydrogens (primary N) is 1. The zero-order chi connectivity index (χ0) is 8.27. The maximum absolute atomic E-state index is 5.76. The van der Waals surface area contributed by atoms with Crippen molar-refractivity contribution in [3.63, 3.8) is 0 Å². The van der Waals surface area contributed by atoms with Gasteiger partial charge >= 0.3 is 0 Å². The van der Waals surface area contributed by atoms with Gasteiger partial charge in [-0.2, -0.15) is 11.3 Å². The van der Waals surface area contributed by atoms with E-state index in [2.05, 4.69) is 30.7 Å². The summed E-state index contributed by atoms with van der Waals surface area (Å²) in [5.41, 5.74) is 7.17. The zero-order valence-corrected chi connectivity index (χ0v) is 7.90. The Labute approximate surface area is 72.2 Å². The van der Waals surface area contributed by atoms with Crippen LogP contribution in [0.1, 0.15) is 19.4 Å². The van der Waals surface area contributed by atoms with Crippen LogP contribution in [0.2, 0.25) is 0 Å². The molecule has 0 amide bonds. The molecule has 0 fully saturated rings. The molecule has 0 saturated carbocycles. The predicted octanol–water partition coefficient (Wildman–Crippen LogP) is 2.27. The highest BCUT2D eigenvalue weighted by Gasteiger charge is 2.07. The van der Waals surface area contributed by atoms with Gasteiger partial charge in [-0.15, -0.1) is 0 Å². The molecule has 2 heteroatoms. The molecule has 62 valence electrons. The SMILES string of the molecule is CC(N)C(C)Cc1ccsc1. The van der Waals surface area contributed by atoms with Gasteiger partial charge in [-0.1, -0.05) is 6.92 Å². The maximum atomic E-state index is 5.76. The lowest BCUT2D eigenvalue weighted by Crippen LogP contribution is -2.25. The summed E-state index contributed by atoms with van der Waals surface area (Å²) in [5.74, 6) is 0.588. The van der Waals surface area contributed by atoms with Gasteiger partial charge in [0.05, 0.1) is 0 Å². The second kappa shape index (κ2) is 3.88. The molecule has 0 radical (unpaired) electrons. The lowest BCUT2D eigenvalue weighted by atomic mass is 9.97. The Morgan fingerprint density at radius 2 is 2.27 bits per heavy atom. The van der Waals surface area contributed by atoms with Gasteiger partial charge in [0.1, 0.15) is 0 Å². The molecular weight excluding hydrogens is 154 g/mol. The monoisotopic (exact) mass is 169 g/mol. The van der Waals surface area contributed by atoms with Crippen LogP contribution in [0.3, 0.4) is 0 Å². The lowest BCUT2D eigenvalue weighted by molar-refractivity contribution is 0.482. The number of rotatable bonds is 3. The van der Waals surface area contributed by atoms with Crippen LogP contribution in [0.15, 0.2) is 16.8 Å². The summed E-state index contributed by atoms with van der Waals surface area (Å²) in [6.45, 7) is 4.26. The molecule has 2 N–H and O–H groups in total. The summed E-state index contributed by atoms with van der Waals surface area (Å²) in [5, 5.41) is 4.31. The maximum Gasteiger partial charge on any atom is 0.00393 e. The minimum absolute atomic E-state index is 0.301. The fraction of sp³-hybridized carbons (Fsp3) is 0.556. The van der Waals surface area contributed by atoms with E-state index >= 15 is 0 Å². The van der Waals surface area contributed by atoms with Crippen molar-refractivity contribution in [1.29, 1.82) is 0 Å². The van der Waals surface area contributed by atoms with E-state index < -0.39 is 0 Å². The molecule has 2 unspecified atom stereocenters. The minimum atomic E-state index is 0.301. The van der Waals surface area contributed by atoms with Gasteiger partial charge in [-0.05, 0) is 41.7 Å². The van der Waals surface area contributed by atoms with E-state index in [0.717, 1.165) is 6.42 Å². The molecule has 1 rings (SSSR count). The van der Waals surface area contributed by atoms with Gasteiger partial charge in [0, 0.05) is 6.04 Å². The fourth-order valence-corrected chi connectivity index (χ4v) is 1.65. The summed E-state index contributed by atoms with van der Waals surface area (Å²) < 4.78 is 0. The van der Waals surface area contributed by atoms with Crippen molar-refractivity contribution in [2.24, 2.45) is 11.7 Å². The molecule has 1 aromatic rings. The van der Waals surface area contributed by atoms with Crippen LogP contribution < -0.4 is 5.73 Å². The average molecular weight is 169 g/mol. The van der Waals surface area contributed by atoms with Crippen molar-refractivity contribution in [1.82, 2.24) is 0 Å². The molecule has 0 spiro atoms. The van der Waals surface area contributed by atoms with E-state index in [1.807, 2.05) is 0 Å². The van der Waals surface area contributed by atoms with Gasteiger partial charge in [0.2, 0.25) is 0 Å². The Bertz CT molecular complexity index is 191. The summed E-state index contributed by atoms with van der Waals surface area (Å²) in [6.07, 6.45) is 1.11. The third-order valence-corrected chi connectivity index (χ3v) is 2.77. The van der Waals surface area contributed by atoms with Crippen LogP contribution >= 0.6 is 11.3 Å². The normalized spacial score (nSPS) is 16.3. The molecule has 0 bridgehead atoms. The average Bonchev–Trinajstić information content (AvgIpc) is 2.39. The standard InChI is InChI=1S/C9H15NS/c1-7(8(2)10)5-9-3-4-11-6-9/h3-4,6-8H,5,10H2,1-2H3. The van der Waals surface area contributed by atoms with Crippen molar-refractivity contribution in [3.8, 4) is 0 Å². The van der Waals surface area contributed by atoms with Crippen LogP contribution in [-0.2, 0) is 6.42 Å². The predicted molar refractivity (Wildman–Crippen MR) is 50.8 cm³/mol. The highest BCUT2D eigenvalue weighted by atomic mass is 32.1. The molecule has 0 aliphatic carbocycles. The zero-order valence-electron chi connectivity index (χ0n) is 7.08. The Morgan fingerprint density at radius 3 is 2.73 bits per heavy atom. The fourth-order valence-electron chi connectivity index (χ4n) is 0.966. The molecule has 0 aromatic carbocycles. The minimum Gasteiger partial charge on any atom is -0.328 e. The summed E-state index contributed by atoms with van der Waals surface area (Å²) >= 11 is 1.75. The Balaban J connectivity index is 2.43. The Hall–Kier alpha value is -0.340. The quantitative estimate of drug-likeness (QED) is 0.738. The summed E-state index contributed by atoms with van der Waals surface area (Å²) in [6, 6.07) is 2.47. The first-order valence-electron chi connectivity index (χ1n) is 3.97. The van der Waals surface area contributed by atoms with Crippen molar-refractivity contribution < 1.29 is 0 Å². The summed E-state index contributed by atoms with van der Waals surface area (Å²) in [7, 11) is 0. The lowest BCUT2D eigenvalue weighted by Gasteiger charge is -2.13. The molecule has 2 atom stereocenters. The Kier molecular flexibility index (Phi) is 3.09. The van der Waals surface area contributed by atoms with E-state index in [1.165, 1.54) is 5.56 Å². The van der Waals surface area contributed by atoms with E-state index in [4.69, 9.17) is 5.73 Å². The third-order valence-electron chi connectivity index (χ3n) is 2.04. The molecule has 1 nitrogen and oxygen atoms in total. The number of hydrogen-bond acceptors (Lipinski definition) is 2. The number of hydrogen-bond donors (Lipinski definition) is 1. The van der Waals surface area contributed by atoms with Gasteiger partial charge in [-0.3, -0.25) is 0 Å². The molecule has 0 saturated heterocycles. The molecular formula is C9H15NS. The van der Waals surface area contributed by atoms with Crippen LogP contribution in [0.25, 0.3) is 0 Å². The van der Waals surface area contributed by atoms with Gasteiger partial charge in [-0.25, -0.2) is 0 Å². The molecule has 1 aromatic heterocycles. The highest BCUT2D eigenvalue weighted by molar-refractivity contribution is 7.07. The second-order valence-corrected chi connectivity index (χ2v) is 3.95. The van der Waals surface area contributed by atoms with Crippen molar-refractivity contribution >= 4 is 11.3 Å². The first-order valence-corrected chi connectivity index (χ1v) is 4.91. The van der Waals surface area contributed by atoms with Crippen molar-refractivity contribution in [2.45, 2.75) is 26.3 Å². The van der Waals surface area contributed by atoms with Crippen molar-refractivity contribution in [3.05, 3.63) is 22.4 Å². The topological polar surface area (TPSA) is 26.0 Å². The highest BCUT2D eigenvalue weighted by Crippen LogP contribution is 2.13.